The van der Waals surface area contributed by atoms with Crippen molar-refractivity contribution in [2.45, 2.75) is 58.8 Å². The van der Waals surface area contributed by atoms with Crippen LogP contribution in [0.3, 0.4) is 0 Å². The number of methoxy groups -OCH3 is 1. The van der Waals surface area contributed by atoms with Crippen LogP contribution >= 0.6 is 31.6 Å². The lowest BCUT2D eigenvalue weighted by Gasteiger charge is -2.33. The Labute approximate surface area is 278 Å². The first kappa shape index (κ1) is 39.1. The predicted octanol–water partition coefficient (Wildman–Crippen LogP) is 5.16. The smallest absolute Gasteiger partial charge is 0.465 e. The molecule has 0 radical (unpaired) electrons. The van der Waals surface area contributed by atoms with Crippen molar-refractivity contribution < 1.29 is 47.2 Å². The standard InChI is InChI=1S/C24H32Cl2N5O8P.C4H8O2/c1-15(2)39-24(34)36-14-38-40(37-13-35-3)12-31-9-7-16(8-10-31)28-23(33)21-19(11-27-30-21)29-22(32)20-17(25)5-4-6-18(20)26;1-4(2)6-3-5/h4-6,11,15-16H,7-10,12-14H2,1-3H3,(H,27,30)(H,28,33)(H,29,32);3-4H,1-2H3. The Balaban J connectivity index is 0.00000112. The summed E-state index contributed by atoms with van der Waals surface area (Å²) in [6.07, 6.45) is 2.05. The Hall–Kier alpha value is -3.04. The summed E-state index contributed by atoms with van der Waals surface area (Å²) in [6, 6.07) is 4.63. The maximum absolute atomic E-state index is 13.0. The number of piperidine rings is 1. The third kappa shape index (κ3) is 14.2. The van der Waals surface area contributed by atoms with E-state index in [2.05, 4.69) is 30.5 Å². The summed E-state index contributed by atoms with van der Waals surface area (Å²) >= 11 is 12.2. The Morgan fingerprint density at radius 3 is 2.28 bits per heavy atom. The summed E-state index contributed by atoms with van der Waals surface area (Å²) in [5, 5.41) is 12.5. The molecular formula is C28H40Cl2N5O10P. The third-order valence-electron chi connectivity index (χ3n) is 5.89. The Bertz CT molecular complexity index is 1240. The van der Waals surface area contributed by atoms with Crippen LogP contribution < -0.4 is 10.6 Å². The fourth-order valence-electron chi connectivity index (χ4n) is 3.79. The maximum Gasteiger partial charge on any atom is 0.510 e. The molecule has 1 atom stereocenters. The molecule has 2 aromatic rings. The molecule has 2 amide bonds. The van der Waals surface area contributed by atoms with Gasteiger partial charge in [0, 0.05) is 26.2 Å². The lowest BCUT2D eigenvalue weighted by atomic mass is 10.1. The first-order valence-corrected chi connectivity index (χ1v) is 16.3. The molecule has 15 nitrogen and oxygen atoms in total. The highest BCUT2D eigenvalue weighted by Crippen LogP contribution is 2.39. The van der Waals surface area contributed by atoms with Crippen molar-refractivity contribution >= 4 is 61.7 Å². The Morgan fingerprint density at radius 1 is 1.07 bits per heavy atom. The van der Waals surface area contributed by atoms with Crippen molar-refractivity contribution in [3.05, 3.63) is 45.7 Å². The van der Waals surface area contributed by atoms with Crippen LogP contribution in [-0.2, 0) is 32.8 Å². The number of aromatic amines is 1. The molecule has 1 fully saturated rings. The van der Waals surface area contributed by atoms with Gasteiger partial charge in [-0.1, -0.05) is 29.3 Å². The van der Waals surface area contributed by atoms with E-state index in [0.29, 0.717) is 38.7 Å². The molecule has 1 unspecified atom stereocenters. The quantitative estimate of drug-likeness (QED) is 0.0960. The number of anilines is 1. The van der Waals surface area contributed by atoms with Gasteiger partial charge in [0.2, 0.25) is 6.79 Å². The van der Waals surface area contributed by atoms with Crippen LogP contribution in [0.5, 0.6) is 0 Å². The van der Waals surface area contributed by atoms with Crippen LogP contribution in [0.1, 0.15) is 61.4 Å². The van der Waals surface area contributed by atoms with E-state index in [1.54, 1.807) is 45.9 Å². The van der Waals surface area contributed by atoms with Crippen molar-refractivity contribution in [3.63, 3.8) is 0 Å². The van der Waals surface area contributed by atoms with Crippen LogP contribution in [0, 0.1) is 0 Å². The largest absolute Gasteiger partial charge is 0.510 e. The number of nitrogens with one attached hydrogen (secondary N) is 3. The van der Waals surface area contributed by atoms with Crippen molar-refractivity contribution in [3.8, 4) is 0 Å². The molecule has 18 heteroatoms. The second-order valence-electron chi connectivity index (χ2n) is 10.2. The first-order chi connectivity index (χ1) is 21.9. The number of hydrogen-bond donors (Lipinski definition) is 3. The van der Waals surface area contributed by atoms with Crippen molar-refractivity contribution in [2.75, 3.05) is 45.4 Å². The predicted molar refractivity (Wildman–Crippen MR) is 171 cm³/mol. The zero-order valence-corrected chi connectivity index (χ0v) is 28.7. The average Bonchev–Trinajstić information content (AvgIpc) is 3.44. The summed E-state index contributed by atoms with van der Waals surface area (Å²) in [4.78, 5) is 48.8. The molecule has 2 heterocycles. The van der Waals surface area contributed by atoms with E-state index in [1.807, 2.05) is 0 Å². The van der Waals surface area contributed by atoms with E-state index in [4.69, 9.17) is 46.5 Å². The second-order valence-corrected chi connectivity index (χ2v) is 12.5. The molecule has 3 N–H and O–H groups in total. The van der Waals surface area contributed by atoms with Gasteiger partial charge in [0.1, 0.15) is 5.69 Å². The summed E-state index contributed by atoms with van der Waals surface area (Å²) < 4.78 is 30.4. The number of carbonyl (C=O) groups excluding carboxylic acids is 4. The molecular weight excluding hydrogens is 668 g/mol. The van der Waals surface area contributed by atoms with Crippen molar-refractivity contribution in [1.82, 2.24) is 20.4 Å². The normalized spacial score (nSPS) is 14.2. The summed E-state index contributed by atoms with van der Waals surface area (Å²) in [5.41, 5.74) is 0.416. The third-order valence-corrected chi connectivity index (χ3v) is 7.94. The molecule has 1 aliphatic heterocycles. The minimum absolute atomic E-state index is 0.0282. The fourth-order valence-corrected chi connectivity index (χ4v) is 5.60. The molecule has 0 saturated carbocycles. The van der Waals surface area contributed by atoms with Crippen LogP contribution in [0.2, 0.25) is 10.0 Å². The van der Waals surface area contributed by atoms with Crippen molar-refractivity contribution in [2.24, 2.45) is 0 Å². The van der Waals surface area contributed by atoms with Gasteiger partial charge in [0.15, 0.2) is 15.2 Å². The van der Waals surface area contributed by atoms with Gasteiger partial charge in [-0.3, -0.25) is 28.9 Å². The van der Waals surface area contributed by atoms with E-state index in [0.717, 1.165) is 0 Å². The highest BCUT2D eigenvalue weighted by Gasteiger charge is 2.26. The average molecular weight is 709 g/mol. The summed E-state index contributed by atoms with van der Waals surface area (Å²) in [7, 11) is 0.0711. The molecule has 0 aliphatic carbocycles. The van der Waals surface area contributed by atoms with E-state index in [9.17, 15) is 19.2 Å². The highest BCUT2D eigenvalue weighted by molar-refractivity contribution is 7.47. The zero-order chi connectivity index (χ0) is 34.1. The van der Waals surface area contributed by atoms with Gasteiger partial charge in [0.05, 0.1) is 46.0 Å². The fraction of sp³-hybridized carbons (Fsp3) is 0.536. The first-order valence-electron chi connectivity index (χ1n) is 14.2. The molecule has 1 aromatic heterocycles. The molecule has 0 spiro atoms. The van der Waals surface area contributed by atoms with Gasteiger partial charge in [-0.15, -0.1) is 0 Å². The number of H-pyrrole nitrogens is 1. The zero-order valence-electron chi connectivity index (χ0n) is 26.2. The van der Waals surface area contributed by atoms with Crippen molar-refractivity contribution in [1.29, 1.82) is 0 Å². The topological polar surface area (TPSA) is 180 Å². The molecule has 1 aromatic carbocycles. The molecule has 46 heavy (non-hydrogen) atoms. The highest BCUT2D eigenvalue weighted by atomic mass is 35.5. The Kier molecular flexibility index (Phi) is 17.8. The Morgan fingerprint density at radius 2 is 1.72 bits per heavy atom. The van der Waals surface area contributed by atoms with Gasteiger partial charge < -0.3 is 34.1 Å². The van der Waals surface area contributed by atoms with Crippen LogP contribution in [0.25, 0.3) is 0 Å². The summed E-state index contributed by atoms with van der Waals surface area (Å²) in [5.74, 6) is -0.966. The number of nitrogens with zero attached hydrogens (tertiary/aromatic N) is 2. The van der Waals surface area contributed by atoms with E-state index in [1.165, 1.54) is 13.3 Å². The monoisotopic (exact) mass is 707 g/mol. The number of benzene rings is 1. The second kappa shape index (κ2) is 21.0. The van der Waals surface area contributed by atoms with E-state index >= 15 is 0 Å². The van der Waals surface area contributed by atoms with Crippen LogP contribution in [0.4, 0.5) is 10.5 Å². The van der Waals surface area contributed by atoms with Gasteiger partial charge in [-0.2, -0.15) is 5.10 Å². The van der Waals surface area contributed by atoms with Gasteiger partial charge in [-0.05, 0) is 52.7 Å². The van der Waals surface area contributed by atoms with E-state index in [-0.39, 0.29) is 58.8 Å². The molecule has 1 saturated heterocycles. The van der Waals surface area contributed by atoms with E-state index < -0.39 is 26.3 Å². The number of aromatic nitrogens is 2. The van der Waals surface area contributed by atoms with Crippen LogP contribution in [-0.4, -0.2) is 97.9 Å². The number of hydrogen-bond acceptors (Lipinski definition) is 12. The summed E-state index contributed by atoms with van der Waals surface area (Å²) in [6.45, 7) is 8.53. The number of likely N-dealkylation sites (tertiary alicyclic amines) is 1. The van der Waals surface area contributed by atoms with Gasteiger partial charge in [-0.25, -0.2) is 4.79 Å². The minimum Gasteiger partial charge on any atom is -0.465 e. The number of ether oxygens (including phenoxy) is 4. The molecule has 256 valence electrons. The number of halogens is 2. The van der Waals surface area contributed by atoms with Gasteiger partial charge in [0.25, 0.3) is 18.3 Å². The lowest BCUT2D eigenvalue weighted by molar-refractivity contribution is -0.131. The molecule has 1 aliphatic rings. The molecule has 3 rings (SSSR count). The molecule has 0 bridgehead atoms. The number of amides is 2. The van der Waals surface area contributed by atoms with Gasteiger partial charge >= 0.3 is 6.16 Å². The maximum atomic E-state index is 13.0. The number of rotatable bonds is 15. The van der Waals surface area contributed by atoms with Crippen LogP contribution in [0.15, 0.2) is 24.4 Å². The lowest BCUT2D eigenvalue weighted by Crippen LogP contribution is -2.45. The SMILES string of the molecule is CC(C)OC=O.COCOP(CN1CCC(NC(=O)c2[nH]ncc2NC(=O)c2c(Cl)cccc2Cl)CC1)OCOC(=O)OC(C)C. The minimum atomic E-state index is -1.43. The number of carbonyl (C=O) groups is 4.